The summed E-state index contributed by atoms with van der Waals surface area (Å²) in [4.78, 5) is 7.73. The van der Waals surface area contributed by atoms with Crippen molar-refractivity contribution >= 4 is 28.2 Å². The monoisotopic (exact) mass is 357 g/mol. The first-order valence-corrected chi connectivity index (χ1v) is 8.47. The van der Waals surface area contributed by atoms with Crippen molar-refractivity contribution in [1.82, 2.24) is 15.3 Å². The van der Waals surface area contributed by atoms with Crippen LogP contribution in [-0.2, 0) is 0 Å². The topological polar surface area (TPSA) is 49.9 Å². The molecule has 0 atom stereocenters. The molecule has 0 aliphatic carbocycles. The number of nitrogens with zero attached hydrogens (tertiary/aromatic N) is 1. The average Bonchev–Trinajstić information content (AvgIpc) is 2.99. The number of hydrogen-bond donors (Lipinski definition) is 2. The van der Waals surface area contributed by atoms with Crippen LogP contribution in [-0.4, -0.2) is 30.2 Å². The fourth-order valence-electron chi connectivity index (χ4n) is 3.26. The minimum Gasteiger partial charge on any atom is -0.496 e. The minimum absolute atomic E-state index is 0.325. The molecule has 0 saturated heterocycles. The van der Waals surface area contributed by atoms with Crippen LogP contribution in [0.4, 0.5) is 4.39 Å². The number of nitrogens with one attached hydrogen (secondary N) is 2. The molecule has 1 aliphatic heterocycles. The van der Waals surface area contributed by atoms with Crippen molar-refractivity contribution in [2.75, 3.05) is 20.2 Å². The standard InChI is InChI=1S/C19H17ClFN3O/c1-25-15-3-2-12(21)10-14(15)13-6-9-23-19-16(13)17(20)18(24-19)11-4-7-22-8-5-11/h2-4,6,9-10,22H,5,7-8H2,1H3,(H,23,24). The lowest BCUT2D eigenvalue weighted by Gasteiger charge is -2.13. The van der Waals surface area contributed by atoms with Crippen LogP contribution < -0.4 is 10.1 Å². The molecular weight excluding hydrogens is 341 g/mol. The van der Waals surface area contributed by atoms with E-state index in [0.717, 1.165) is 36.2 Å². The molecule has 2 aromatic heterocycles. The Hall–Kier alpha value is -2.37. The van der Waals surface area contributed by atoms with Gasteiger partial charge in [0, 0.05) is 23.7 Å². The molecule has 6 heteroatoms. The molecule has 128 valence electrons. The van der Waals surface area contributed by atoms with E-state index in [1.165, 1.54) is 17.7 Å². The van der Waals surface area contributed by atoms with Crippen molar-refractivity contribution in [2.24, 2.45) is 0 Å². The highest BCUT2D eigenvalue weighted by Crippen LogP contribution is 2.41. The number of pyridine rings is 1. The molecule has 25 heavy (non-hydrogen) atoms. The third-order valence-electron chi connectivity index (χ3n) is 4.47. The van der Waals surface area contributed by atoms with E-state index >= 15 is 0 Å². The molecule has 3 heterocycles. The van der Waals surface area contributed by atoms with E-state index in [1.807, 2.05) is 6.07 Å². The number of H-pyrrole nitrogens is 1. The first-order chi connectivity index (χ1) is 12.2. The Kier molecular flexibility index (Phi) is 4.19. The van der Waals surface area contributed by atoms with E-state index in [4.69, 9.17) is 16.3 Å². The highest BCUT2D eigenvalue weighted by Gasteiger charge is 2.20. The van der Waals surface area contributed by atoms with E-state index in [9.17, 15) is 4.39 Å². The molecule has 3 aromatic rings. The fourth-order valence-corrected chi connectivity index (χ4v) is 3.62. The molecule has 2 N–H and O–H groups in total. The van der Waals surface area contributed by atoms with Gasteiger partial charge in [0.25, 0.3) is 0 Å². The van der Waals surface area contributed by atoms with Crippen LogP contribution in [0.1, 0.15) is 12.1 Å². The van der Waals surface area contributed by atoms with E-state index in [-0.39, 0.29) is 5.82 Å². The van der Waals surface area contributed by atoms with Crippen LogP contribution in [0, 0.1) is 5.82 Å². The maximum Gasteiger partial charge on any atom is 0.139 e. The van der Waals surface area contributed by atoms with Crippen molar-refractivity contribution in [3.8, 4) is 16.9 Å². The lowest BCUT2D eigenvalue weighted by molar-refractivity contribution is 0.415. The molecule has 0 bridgehead atoms. The molecule has 0 unspecified atom stereocenters. The molecule has 0 saturated carbocycles. The van der Waals surface area contributed by atoms with E-state index in [1.54, 1.807) is 19.4 Å². The number of hydrogen-bond acceptors (Lipinski definition) is 3. The summed E-state index contributed by atoms with van der Waals surface area (Å²) >= 11 is 6.71. The van der Waals surface area contributed by atoms with Crippen LogP contribution in [0.3, 0.4) is 0 Å². The second-order valence-corrected chi connectivity index (χ2v) is 6.30. The minimum atomic E-state index is -0.325. The number of aromatic amines is 1. The molecular formula is C19H17ClFN3O. The van der Waals surface area contributed by atoms with E-state index in [2.05, 4.69) is 21.4 Å². The summed E-state index contributed by atoms with van der Waals surface area (Å²) in [6.45, 7) is 1.73. The smallest absolute Gasteiger partial charge is 0.139 e. The van der Waals surface area contributed by atoms with E-state index < -0.39 is 0 Å². The predicted octanol–water partition coefficient (Wildman–Crippen LogP) is 4.41. The zero-order valence-corrected chi connectivity index (χ0v) is 14.5. The summed E-state index contributed by atoms with van der Waals surface area (Å²) in [5.41, 5.74) is 4.18. The van der Waals surface area contributed by atoms with Gasteiger partial charge >= 0.3 is 0 Å². The van der Waals surface area contributed by atoms with Crippen molar-refractivity contribution in [3.05, 3.63) is 53.1 Å². The van der Waals surface area contributed by atoms with Gasteiger partial charge in [0.1, 0.15) is 17.2 Å². The lowest BCUT2D eigenvalue weighted by Crippen LogP contribution is -2.20. The lowest BCUT2D eigenvalue weighted by atomic mass is 10.0. The van der Waals surface area contributed by atoms with Gasteiger partial charge in [-0.3, -0.25) is 0 Å². The molecule has 0 amide bonds. The Morgan fingerprint density at radius 3 is 2.88 bits per heavy atom. The van der Waals surface area contributed by atoms with Crippen molar-refractivity contribution in [1.29, 1.82) is 0 Å². The zero-order chi connectivity index (χ0) is 17.4. The number of halogens is 2. The SMILES string of the molecule is COc1ccc(F)cc1-c1ccnc2[nH]c(C3=CCNCC3)c(Cl)c12. The Morgan fingerprint density at radius 2 is 2.12 bits per heavy atom. The van der Waals surface area contributed by atoms with Crippen LogP contribution in [0.15, 0.2) is 36.5 Å². The van der Waals surface area contributed by atoms with Gasteiger partial charge in [-0.15, -0.1) is 0 Å². The summed E-state index contributed by atoms with van der Waals surface area (Å²) < 4.78 is 19.2. The Morgan fingerprint density at radius 1 is 1.24 bits per heavy atom. The quantitative estimate of drug-likeness (QED) is 0.730. The number of fused-ring (bicyclic) bond motifs is 1. The summed E-state index contributed by atoms with van der Waals surface area (Å²) in [6.07, 6.45) is 4.71. The Bertz CT molecular complexity index is 980. The van der Waals surface area contributed by atoms with Crippen molar-refractivity contribution in [3.63, 3.8) is 0 Å². The van der Waals surface area contributed by atoms with Crippen LogP contribution in [0.25, 0.3) is 27.7 Å². The Balaban J connectivity index is 1.96. The molecule has 1 aliphatic rings. The highest BCUT2D eigenvalue weighted by atomic mass is 35.5. The van der Waals surface area contributed by atoms with Gasteiger partial charge in [-0.2, -0.15) is 0 Å². The molecule has 0 radical (unpaired) electrons. The molecule has 1 aromatic carbocycles. The number of aromatic nitrogens is 2. The fraction of sp³-hybridized carbons (Fsp3) is 0.211. The maximum absolute atomic E-state index is 13.8. The van der Waals surface area contributed by atoms with Crippen LogP contribution in [0.5, 0.6) is 5.75 Å². The highest BCUT2D eigenvalue weighted by molar-refractivity contribution is 6.38. The summed E-state index contributed by atoms with van der Waals surface area (Å²) in [5.74, 6) is 0.266. The average molecular weight is 358 g/mol. The first kappa shape index (κ1) is 16.1. The second-order valence-electron chi connectivity index (χ2n) is 5.92. The number of rotatable bonds is 3. The summed E-state index contributed by atoms with van der Waals surface area (Å²) in [7, 11) is 1.57. The van der Waals surface area contributed by atoms with Crippen molar-refractivity contribution < 1.29 is 9.13 Å². The van der Waals surface area contributed by atoms with Gasteiger partial charge < -0.3 is 15.0 Å². The second kappa shape index (κ2) is 6.50. The normalized spacial score (nSPS) is 14.6. The Labute approximate surface area is 149 Å². The van der Waals surface area contributed by atoms with E-state index in [0.29, 0.717) is 22.0 Å². The molecule has 0 spiro atoms. The first-order valence-electron chi connectivity index (χ1n) is 8.09. The largest absolute Gasteiger partial charge is 0.496 e. The maximum atomic E-state index is 13.8. The van der Waals surface area contributed by atoms with Gasteiger partial charge in [-0.05, 0) is 48.4 Å². The zero-order valence-electron chi connectivity index (χ0n) is 13.7. The number of methoxy groups -OCH3 is 1. The number of ether oxygens (including phenoxy) is 1. The van der Waals surface area contributed by atoms with Gasteiger partial charge in [0.05, 0.1) is 17.8 Å². The molecule has 0 fully saturated rings. The van der Waals surface area contributed by atoms with Gasteiger partial charge in [0.15, 0.2) is 0 Å². The van der Waals surface area contributed by atoms with Gasteiger partial charge in [-0.1, -0.05) is 17.7 Å². The third-order valence-corrected chi connectivity index (χ3v) is 4.85. The van der Waals surface area contributed by atoms with Gasteiger partial charge in [-0.25, -0.2) is 9.37 Å². The summed E-state index contributed by atoms with van der Waals surface area (Å²) in [6, 6.07) is 6.29. The predicted molar refractivity (Wildman–Crippen MR) is 98.5 cm³/mol. The van der Waals surface area contributed by atoms with Crippen molar-refractivity contribution in [2.45, 2.75) is 6.42 Å². The number of benzene rings is 1. The van der Waals surface area contributed by atoms with Crippen LogP contribution in [0.2, 0.25) is 5.02 Å². The van der Waals surface area contributed by atoms with Crippen LogP contribution >= 0.6 is 11.6 Å². The summed E-state index contributed by atoms with van der Waals surface area (Å²) in [5, 5.41) is 4.68. The molecule has 4 nitrogen and oxygen atoms in total. The van der Waals surface area contributed by atoms with Gasteiger partial charge in [0.2, 0.25) is 0 Å². The third kappa shape index (κ3) is 2.79. The molecule has 4 rings (SSSR count).